The maximum absolute atomic E-state index is 12.2. The van der Waals surface area contributed by atoms with Gasteiger partial charge >= 0.3 is 0 Å². The van der Waals surface area contributed by atoms with E-state index in [1.165, 1.54) is 7.05 Å². The number of sulfonamides is 1. The van der Waals surface area contributed by atoms with Crippen LogP contribution in [0.3, 0.4) is 0 Å². The Bertz CT molecular complexity index is 1000. The van der Waals surface area contributed by atoms with Gasteiger partial charge in [0.25, 0.3) is 0 Å². The zero-order valence-corrected chi connectivity index (χ0v) is 18.3. The van der Waals surface area contributed by atoms with Crippen LogP contribution >= 0.6 is 11.6 Å². The lowest BCUT2D eigenvalue weighted by Crippen LogP contribution is -2.40. The van der Waals surface area contributed by atoms with Crippen LogP contribution in [0.25, 0.3) is 10.9 Å². The first-order valence-corrected chi connectivity index (χ1v) is 11.9. The lowest BCUT2D eigenvalue weighted by molar-refractivity contribution is 0.261. The van der Waals surface area contributed by atoms with E-state index in [0.29, 0.717) is 36.5 Å². The normalized spacial score (nSPS) is 23.6. The molecule has 10 heteroatoms. The maximum Gasteiger partial charge on any atom is 0.227 e. The standard InChI is InChI=1S/C19H27ClN6O2S/c1-21-29(27,28)15-7-9-26(12-15)19-23-17-6-5-13(20)10-16(17)18(24-19)22-14-4-3-8-25(2)11-14/h5-6,10,14-15,21H,3-4,7-9,11-12H2,1-2H3,(H,22,23,24)/t14-,15-/m0/s1. The fraction of sp³-hybridized carbons (Fsp3) is 0.579. The Morgan fingerprint density at radius 1 is 1.17 bits per heavy atom. The molecular weight excluding hydrogens is 412 g/mol. The minimum atomic E-state index is -3.31. The van der Waals surface area contributed by atoms with Crippen molar-refractivity contribution < 1.29 is 8.42 Å². The highest BCUT2D eigenvalue weighted by Crippen LogP contribution is 2.29. The molecule has 2 N–H and O–H groups in total. The molecule has 0 saturated carbocycles. The Balaban J connectivity index is 1.66. The van der Waals surface area contributed by atoms with E-state index in [-0.39, 0.29) is 0 Å². The van der Waals surface area contributed by atoms with Gasteiger partial charge in [0.15, 0.2) is 0 Å². The second kappa shape index (κ2) is 8.22. The SMILES string of the molecule is CNS(=O)(=O)[C@H]1CCN(c2nc(N[C@H]3CCCN(C)C3)c3cc(Cl)ccc3n2)C1. The fourth-order valence-electron chi connectivity index (χ4n) is 4.15. The van der Waals surface area contributed by atoms with Gasteiger partial charge < -0.3 is 15.1 Å². The van der Waals surface area contributed by atoms with Crippen molar-refractivity contribution in [3.8, 4) is 0 Å². The number of hydrogen-bond donors (Lipinski definition) is 2. The van der Waals surface area contributed by atoms with Gasteiger partial charge in [-0.25, -0.2) is 18.1 Å². The van der Waals surface area contributed by atoms with E-state index in [4.69, 9.17) is 21.6 Å². The average molecular weight is 439 g/mol. The molecule has 2 aliphatic heterocycles. The molecule has 0 aliphatic carbocycles. The zero-order valence-electron chi connectivity index (χ0n) is 16.7. The first-order chi connectivity index (χ1) is 13.9. The molecule has 2 saturated heterocycles. The number of anilines is 2. The molecule has 29 heavy (non-hydrogen) atoms. The first kappa shape index (κ1) is 20.6. The van der Waals surface area contributed by atoms with Gasteiger partial charge in [0.05, 0.1) is 10.8 Å². The van der Waals surface area contributed by atoms with Crippen LogP contribution in [0.4, 0.5) is 11.8 Å². The zero-order chi connectivity index (χ0) is 20.6. The van der Waals surface area contributed by atoms with E-state index >= 15 is 0 Å². The minimum Gasteiger partial charge on any atom is -0.365 e. The molecule has 8 nitrogen and oxygen atoms in total. The summed E-state index contributed by atoms with van der Waals surface area (Å²) in [6.07, 6.45) is 2.78. The Morgan fingerprint density at radius 2 is 2.00 bits per heavy atom. The fourth-order valence-corrected chi connectivity index (χ4v) is 5.44. The maximum atomic E-state index is 12.2. The highest BCUT2D eigenvalue weighted by Gasteiger charge is 2.33. The molecule has 2 aliphatic rings. The monoisotopic (exact) mass is 438 g/mol. The van der Waals surface area contributed by atoms with Crippen LogP contribution in [0, 0.1) is 0 Å². The Kier molecular flexibility index (Phi) is 5.83. The Morgan fingerprint density at radius 3 is 2.76 bits per heavy atom. The summed E-state index contributed by atoms with van der Waals surface area (Å²) in [6.45, 7) is 3.05. The molecule has 0 bridgehead atoms. The predicted octanol–water partition coefficient (Wildman–Crippen LogP) is 1.92. The first-order valence-electron chi connectivity index (χ1n) is 9.95. The lowest BCUT2D eigenvalue weighted by atomic mass is 10.1. The van der Waals surface area contributed by atoms with Gasteiger partial charge in [-0.2, -0.15) is 4.98 Å². The third-order valence-corrected chi connectivity index (χ3v) is 7.83. The molecule has 3 heterocycles. The summed E-state index contributed by atoms with van der Waals surface area (Å²) in [4.78, 5) is 13.8. The molecule has 2 atom stereocenters. The minimum absolute atomic E-state index is 0.301. The molecule has 2 aromatic rings. The van der Waals surface area contributed by atoms with Crippen LogP contribution in [-0.2, 0) is 10.0 Å². The molecule has 1 aromatic carbocycles. The van der Waals surface area contributed by atoms with E-state index in [9.17, 15) is 8.42 Å². The third-order valence-electron chi connectivity index (χ3n) is 5.76. The molecule has 4 rings (SSSR count). The van der Waals surface area contributed by atoms with Crippen LogP contribution in [0.15, 0.2) is 18.2 Å². The van der Waals surface area contributed by atoms with Gasteiger partial charge in [-0.3, -0.25) is 0 Å². The van der Waals surface area contributed by atoms with E-state index in [2.05, 4.69) is 22.0 Å². The summed E-state index contributed by atoms with van der Waals surface area (Å²) in [7, 11) is 0.270. The molecular formula is C19H27ClN6O2S. The van der Waals surface area contributed by atoms with Gasteiger partial charge in [-0.15, -0.1) is 0 Å². The van der Waals surface area contributed by atoms with Gasteiger partial charge in [0, 0.05) is 36.1 Å². The summed E-state index contributed by atoms with van der Waals surface area (Å²) < 4.78 is 26.8. The number of piperidine rings is 1. The van der Waals surface area contributed by atoms with Crippen molar-refractivity contribution in [2.75, 3.05) is 50.5 Å². The van der Waals surface area contributed by atoms with Crippen LogP contribution in [0.5, 0.6) is 0 Å². The summed E-state index contributed by atoms with van der Waals surface area (Å²) in [6, 6.07) is 5.89. The quantitative estimate of drug-likeness (QED) is 0.736. The predicted molar refractivity (Wildman–Crippen MR) is 117 cm³/mol. The molecule has 2 fully saturated rings. The summed E-state index contributed by atoms with van der Waals surface area (Å²) >= 11 is 6.23. The van der Waals surface area contributed by atoms with E-state index in [1.807, 2.05) is 23.1 Å². The highest BCUT2D eigenvalue weighted by molar-refractivity contribution is 7.90. The largest absolute Gasteiger partial charge is 0.365 e. The van der Waals surface area contributed by atoms with E-state index in [1.54, 1.807) is 0 Å². The third kappa shape index (κ3) is 4.42. The van der Waals surface area contributed by atoms with Gasteiger partial charge in [0.1, 0.15) is 5.82 Å². The van der Waals surface area contributed by atoms with E-state index < -0.39 is 15.3 Å². The topological polar surface area (TPSA) is 90.5 Å². The van der Waals surface area contributed by atoms with Crippen molar-refractivity contribution in [3.63, 3.8) is 0 Å². The summed E-state index contributed by atoms with van der Waals surface area (Å²) in [5.74, 6) is 1.31. The number of halogens is 1. The van der Waals surface area contributed by atoms with Crippen LogP contribution < -0.4 is 14.9 Å². The van der Waals surface area contributed by atoms with Gasteiger partial charge in [-0.1, -0.05) is 11.6 Å². The van der Waals surface area contributed by atoms with Crippen molar-refractivity contribution in [1.29, 1.82) is 0 Å². The smallest absolute Gasteiger partial charge is 0.227 e. The number of nitrogens with zero attached hydrogens (tertiary/aromatic N) is 4. The molecule has 1 aromatic heterocycles. The van der Waals surface area contributed by atoms with Crippen LogP contribution in [0.1, 0.15) is 19.3 Å². The number of nitrogens with one attached hydrogen (secondary N) is 2. The van der Waals surface area contributed by atoms with E-state index in [0.717, 1.165) is 42.7 Å². The number of hydrogen-bond acceptors (Lipinski definition) is 7. The summed E-state index contributed by atoms with van der Waals surface area (Å²) in [5.41, 5.74) is 0.797. The number of aromatic nitrogens is 2. The Hall–Kier alpha value is -1.68. The van der Waals surface area contributed by atoms with Gasteiger partial charge in [-0.05, 0) is 58.1 Å². The molecule has 0 radical (unpaired) electrons. The number of likely N-dealkylation sites (tertiary alicyclic amines) is 1. The number of benzene rings is 1. The molecule has 158 valence electrons. The van der Waals surface area contributed by atoms with Crippen molar-refractivity contribution in [2.24, 2.45) is 0 Å². The van der Waals surface area contributed by atoms with Crippen LogP contribution in [-0.4, -0.2) is 74.9 Å². The van der Waals surface area contributed by atoms with Crippen molar-refractivity contribution in [1.82, 2.24) is 19.6 Å². The highest BCUT2D eigenvalue weighted by atomic mass is 35.5. The summed E-state index contributed by atoms with van der Waals surface area (Å²) in [5, 5.41) is 4.65. The van der Waals surface area contributed by atoms with Gasteiger partial charge in [0.2, 0.25) is 16.0 Å². The molecule has 0 unspecified atom stereocenters. The van der Waals surface area contributed by atoms with Crippen molar-refractivity contribution >= 4 is 44.3 Å². The Labute approximate surface area is 176 Å². The number of rotatable bonds is 5. The number of fused-ring (bicyclic) bond motifs is 1. The molecule has 0 spiro atoms. The van der Waals surface area contributed by atoms with Crippen molar-refractivity contribution in [2.45, 2.75) is 30.6 Å². The second-order valence-electron chi connectivity index (χ2n) is 7.89. The van der Waals surface area contributed by atoms with Crippen molar-refractivity contribution in [3.05, 3.63) is 23.2 Å². The second-order valence-corrected chi connectivity index (χ2v) is 10.5. The van der Waals surface area contributed by atoms with Crippen LogP contribution in [0.2, 0.25) is 5.02 Å². The number of likely N-dealkylation sites (N-methyl/N-ethyl adjacent to an activating group) is 1. The average Bonchev–Trinajstić information content (AvgIpc) is 3.19. The lowest BCUT2D eigenvalue weighted by Gasteiger charge is -2.31. The molecule has 0 amide bonds.